The number of anilines is 1. The van der Waals surface area contributed by atoms with Crippen LogP contribution in [0.5, 0.6) is 0 Å². The maximum atomic E-state index is 4.67. The molecule has 6 nitrogen and oxygen atoms in total. The fourth-order valence-corrected chi connectivity index (χ4v) is 4.15. The zero-order valence-corrected chi connectivity index (χ0v) is 16.3. The predicted octanol–water partition coefficient (Wildman–Crippen LogP) is 2.74. The quantitative estimate of drug-likeness (QED) is 0.829. The highest BCUT2D eigenvalue weighted by molar-refractivity contribution is 5.30. The van der Waals surface area contributed by atoms with E-state index in [2.05, 4.69) is 48.8 Å². The molecule has 0 aliphatic carbocycles. The Morgan fingerprint density at radius 1 is 0.926 bits per heavy atom. The Hall–Kier alpha value is -2.05. The van der Waals surface area contributed by atoms with Crippen LogP contribution in [0.25, 0.3) is 0 Å². The summed E-state index contributed by atoms with van der Waals surface area (Å²) in [6, 6.07) is 4.79. The smallest absolute Gasteiger partial charge is 0.225 e. The van der Waals surface area contributed by atoms with Gasteiger partial charge in [-0.15, -0.1) is 0 Å². The first-order valence-corrected chi connectivity index (χ1v) is 10.2. The SMILES string of the molecule is CN1CCN(c2ncc(CN3CCCCCC3c3ccncc3)cn2)CC1. The van der Waals surface area contributed by atoms with Gasteiger partial charge in [-0.2, -0.15) is 0 Å². The molecule has 0 bridgehead atoms. The summed E-state index contributed by atoms with van der Waals surface area (Å²) < 4.78 is 0. The Bertz CT molecular complexity index is 696. The minimum atomic E-state index is 0.466. The minimum absolute atomic E-state index is 0.466. The summed E-state index contributed by atoms with van der Waals surface area (Å²) in [4.78, 5) is 20.8. The zero-order chi connectivity index (χ0) is 18.5. The summed E-state index contributed by atoms with van der Waals surface area (Å²) in [7, 11) is 2.17. The summed E-state index contributed by atoms with van der Waals surface area (Å²) in [5, 5.41) is 0. The fourth-order valence-electron chi connectivity index (χ4n) is 4.15. The second-order valence-electron chi connectivity index (χ2n) is 7.80. The van der Waals surface area contributed by atoms with Gasteiger partial charge in [-0.3, -0.25) is 9.88 Å². The highest BCUT2D eigenvalue weighted by atomic mass is 15.3. The van der Waals surface area contributed by atoms with Crippen LogP contribution in [-0.4, -0.2) is 64.5 Å². The normalized spacial score (nSPS) is 22.6. The highest BCUT2D eigenvalue weighted by Crippen LogP contribution is 2.31. The summed E-state index contributed by atoms with van der Waals surface area (Å²) in [5.74, 6) is 0.869. The van der Waals surface area contributed by atoms with E-state index in [-0.39, 0.29) is 0 Å². The van der Waals surface area contributed by atoms with E-state index in [0.29, 0.717) is 6.04 Å². The second kappa shape index (κ2) is 8.76. The lowest BCUT2D eigenvalue weighted by Gasteiger charge is -2.32. The topological polar surface area (TPSA) is 48.4 Å². The van der Waals surface area contributed by atoms with E-state index in [9.17, 15) is 0 Å². The molecular formula is C21H30N6. The summed E-state index contributed by atoms with van der Waals surface area (Å²) in [5.41, 5.74) is 2.58. The van der Waals surface area contributed by atoms with Gasteiger partial charge in [0.25, 0.3) is 0 Å². The van der Waals surface area contributed by atoms with Gasteiger partial charge >= 0.3 is 0 Å². The Balaban J connectivity index is 1.45. The van der Waals surface area contributed by atoms with Gasteiger partial charge in [0.05, 0.1) is 0 Å². The van der Waals surface area contributed by atoms with Crippen LogP contribution in [0.4, 0.5) is 5.95 Å². The van der Waals surface area contributed by atoms with Crippen molar-refractivity contribution in [2.45, 2.75) is 38.3 Å². The number of hydrogen-bond donors (Lipinski definition) is 0. The first kappa shape index (κ1) is 18.3. The Kier molecular flexibility index (Phi) is 5.94. The van der Waals surface area contributed by atoms with Crippen molar-refractivity contribution in [3.63, 3.8) is 0 Å². The standard InChI is InChI=1S/C21H30N6/c1-25-11-13-26(14-12-25)21-23-15-18(16-24-21)17-27-10-4-2-3-5-20(27)19-6-8-22-9-7-19/h6-9,15-16,20H,2-5,10-14,17H2,1H3. The lowest BCUT2D eigenvalue weighted by atomic mass is 10.0. The molecule has 2 fully saturated rings. The van der Waals surface area contributed by atoms with E-state index < -0.39 is 0 Å². The third kappa shape index (κ3) is 4.62. The third-order valence-corrected chi connectivity index (χ3v) is 5.82. The average molecular weight is 367 g/mol. The van der Waals surface area contributed by atoms with Crippen LogP contribution in [0.3, 0.4) is 0 Å². The molecule has 27 heavy (non-hydrogen) atoms. The van der Waals surface area contributed by atoms with Gasteiger partial charge in [0, 0.05) is 69.1 Å². The molecule has 6 heteroatoms. The number of hydrogen-bond acceptors (Lipinski definition) is 6. The van der Waals surface area contributed by atoms with Gasteiger partial charge in [-0.05, 0) is 44.1 Å². The van der Waals surface area contributed by atoms with E-state index in [1.165, 1.54) is 36.8 Å². The Morgan fingerprint density at radius 2 is 1.67 bits per heavy atom. The van der Waals surface area contributed by atoms with Crippen molar-refractivity contribution in [2.75, 3.05) is 44.7 Å². The highest BCUT2D eigenvalue weighted by Gasteiger charge is 2.23. The van der Waals surface area contributed by atoms with Crippen LogP contribution in [-0.2, 0) is 6.54 Å². The number of nitrogens with zero attached hydrogens (tertiary/aromatic N) is 6. The molecule has 4 rings (SSSR count). The van der Waals surface area contributed by atoms with Gasteiger partial charge in [-0.25, -0.2) is 9.97 Å². The molecule has 0 radical (unpaired) electrons. The van der Waals surface area contributed by atoms with Crippen LogP contribution >= 0.6 is 0 Å². The predicted molar refractivity (Wildman–Crippen MR) is 108 cm³/mol. The molecule has 4 heterocycles. The monoisotopic (exact) mass is 366 g/mol. The fraction of sp³-hybridized carbons (Fsp3) is 0.571. The lowest BCUT2D eigenvalue weighted by Crippen LogP contribution is -2.45. The second-order valence-corrected chi connectivity index (χ2v) is 7.80. The van der Waals surface area contributed by atoms with E-state index >= 15 is 0 Å². The average Bonchev–Trinajstić information content (AvgIpc) is 2.95. The van der Waals surface area contributed by atoms with Crippen LogP contribution in [0, 0.1) is 0 Å². The zero-order valence-electron chi connectivity index (χ0n) is 16.3. The Labute approximate surface area is 162 Å². The summed E-state index contributed by atoms with van der Waals surface area (Å²) in [6.45, 7) is 6.21. The van der Waals surface area contributed by atoms with Crippen molar-refractivity contribution < 1.29 is 0 Å². The number of likely N-dealkylation sites (N-methyl/N-ethyl adjacent to an activating group) is 1. The Morgan fingerprint density at radius 3 is 2.41 bits per heavy atom. The van der Waals surface area contributed by atoms with E-state index in [4.69, 9.17) is 0 Å². The van der Waals surface area contributed by atoms with Gasteiger partial charge in [0.1, 0.15) is 0 Å². The number of aromatic nitrogens is 3. The van der Waals surface area contributed by atoms with Gasteiger partial charge < -0.3 is 9.80 Å². The molecular weight excluding hydrogens is 336 g/mol. The van der Waals surface area contributed by atoms with Gasteiger partial charge in [0.2, 0.25) is 5.95 Å². The maximum Gasteiger partial charge on any atom is 0.225 e. The van der Waals surface area contributed by atoms with Crippen molar-refractivity contribution in [3.05, 3.63) is 48.0 Å². The van der Waals surface area contributed by atoms with Crippen LogP contribution in [0.1, 0.15) is 42.9 Å². The van der Waals surface area contributed by atoms with E-state index in [1.807, 2.05) is 24.8 Å². The molecule has 0 saturated carbocycles. The molecule has 0 N–H and O–H groups in total. The van der Waals surface area contributed by atoms with Crippen molar-refractivity contribution in [2.24, 2.45) is 0 Å². The molecule has 0 aromatic carbocycles. The third-order valence-electron chi connectivity index (χ3n) is 5.82. The number of piperazine rings is 1. The van der Waals surface area contributed by atoms with Gasteiger partial charge in [-0.1, -0.05) is 12.8 Å². The van der Waals surface area contributed by atoms with E-state index in [1.54, 1.807) is 0 Å². The maximum absolute atomic E-state index is 4.67. The summed E-state index contributed by atoms with van der Waals surface area (Å²) in [6.07, 6.45) is 13.0. The van der Waals surface area contributed by atoms with Crippen molar-refractivity contribution >= 4 is 5.95 Å². The minimum Gasteiger partial charge on any atom is -0.338 e. The molecule has 2 aliphatic heterocycles. The first-order chi connectivity index (χ1) is 13.3. The molecule has 2 aliphatic rings. The van der Waals surface area contributed by atoms with Crippen LogP contribution in [0.15, 0.2) is 36.9 Å². The van der Waals surface area contributed by atoms with Crippen molar-refractivity contribution in [1.82, 2.24) is 24.8 Å². The molecule has 0 spiro atoms. The molecule has 144 valence electrons. The van der Waals surface area contributed by atoms with Crippen LogP contribution < -0.4 is 4.90 Å². The molecule has 2 saturated heterocycles. The molecule has 1 atom stereocenters. The largest absolute Gasteiger partial charge is 0.338 e. The first-order valence-electron chi connectivity index (χ1n) is 10.2. The number of likely N-dealkylation sites (tertiary alicyclic amines) is 1. The lowest BCUT2D eigenvalue weighted by molar-refractivity contribution is 0.192. The number of pyridine rings is 1. The van der Waals surface area contributed by atoms with Crippen LogP contribution in [0.2, 0.25) is 0 Å². The molecule has 2 aromatic heterocycles. The number of rotatable bonds is 4. The molecule has 0 amide bonds. The van der Waals surface area contributed by atoms with Crippen molar-refractivity contribution in [1.29, 1.82) is 0 Å². The van der Waals surface area contributed by atoms with Crippen molar-refractivity contribution in [3.8, 4) is 0 Å². The van der Waals surface area contributed by atoms with Gasteiger partial charge in [0.15, 0.2) is 0 Å². The molecule has 1 unspecified atom stereocenters. The molecule has 2 aromatic rings. The summed E-state index contributed by atoms with van der Waals surface area (Å²) >= 11 is 0. The van der Waals surface area contributed by atoms with E-state index in [0.717, 1.165) is 45.2 Å².